The van der Waals surface area contributed by atoms with Crippen LogP contribution >= 0.6 is 45.3 Å². The van der Waals surface area contributed by atoms with E-state index in [1.54, 1.807) is 34.0 Å². The first kappa shape index (κ1) is 73.9. The molecule has 2 aliphatic heterocycles. The van der Waals surface area contributed by atoms with Crippen molar-refractivity contribution in [2.75, 3.05) is 26.3 Å². The molecule has 0 bridgehead atoms. The molecule has 5 aromatic rings. The lowest BCUT2D eigenvalue weighted by Crippen LogP contribution is -2.34. The molecule has 6 heterocycles. The first-order chi connectivity index (χ1) is 43.5. The van der Waals surface area contributed by atoms with Crippen LogP contribution in [0.3, 0.4) is 0 Å². The van der Waals surface area contributed by atoms with Crippen LogP contribution in [0.25, 0.3) is 41.3 Å². The van der Waals surface area contributed by atoms with Crippen LogP contribution in [-0.2, 0) is 20.7 Å². The number of rotatable bonds is 47. The van der Waals surface area contributed by atoms with Crippen LogP contribution in [0.15, 0.2) is 47.5 Å². The zero-order valence-corrected chi connectivity index (χ0v) is 61.8. The van der Waals surface area contributed by atoms with Gasteiger partial charge in [0.15, 0.2) is 11.5 Å². The van der Waals surface area contributed by atoms with Crippen molar-refractivity contribution in [3.05, 3.63) is 67.1 Å². The van der Waals surface area contributed by atoms with E-state index in [0.717, 1.165) is 146 Å². The maximum absolute atomic E-state index is 16.3. The minimum absolute atomic E-state index is 0.0149. The topological polar surface area (TPSA) is 111 Å². The van der Waals surface area contributed by atoms with Crippen molar-refractivity contribution in [1.82, 2.24) is 9.80 Å². The van der Waals surface area contributed by atoms with Gasteiger partial charge < -0.3 is 30.7 Å². The molecule has 1 aromatic carbocycles. The molecule has 0 saturated heterocycles. The summed E-state index contributed by atoms with van der Waals surface area (Å²) in [6.07, 6.45) is 37.9. The number of carbonyl (C=O) groups is 2. The molecule has 0 aliphatic carbocycles. The average molecular weight is 1310 g/mol. The third kappa shape index (κ3) is 19.8. The zero-order chi connectivity index (χ0) is 64.8. The van der Waals surface area contributed by atoms with Crippen LogP contribution in [0.2, 0.25) is 0 Å². The highest BCUT2D eigenvalue weighted by molar-refractivity contribution is 7.30. The Hall–Kier alpha value is -3.52. The first-order valence-electron chi connectivity index (χ1n) is 36.7. The van der Waals surface area contributed by atoms with Crippen molar-refractivity contribution in [2.45, 2.75) is 300 Å². The smallest absolute Gasteiger partial charge is 0.261 e. The van der Waals surface area contributed by atoms with E-state index < -0.39 is 11.1 Å². The van der Waals surface area contributed by atoms with Crippen molar-refractivity contribution >= 4 is 88.7 Å². The van der Waals surface area contributed by atoms with Gasteiger partial charge in [0.05, 0.1) is 54.9 Å². The van der Waals surface area contributed by atoms with Crippen molar-refractivity contribution in [1.29, 1.82) is 0 Å². The molecule has 4 aromatic heterocycles. The Labute approximate surface area is 563 Å². The number of hydrogen-bond acceptors (Lipinski definition) is 10. The molecular weight excluding hydrogens is 1190 g/mol. The summed E-state index contributed by atoms with van der Waals surface area (Å²) in [5.41, 5.74) is 15.6. The van der Waals surface area contributed by atoms with Crippen LogP contribution in [0.1, 0.15) is 308 Å². The normalized spacial score (nSPS) is 15.4. The molecule has 4 atom stereocenters. The lowest BCUT2D eigenvalue weighted by molar-refractivity contribution is -0.124. The molecule has 0 saturated carbocycles. The van der Waals surface area contributed by atoms with Gasteiger partial charge in [-0.15, -0.1) is 45.3 Å². The SMILES string of the molecule is CCCCCCCCC(CCCCCC)CN1C(=O)C2=C(c3ccc(C(C)(C)N)s3)N(CC(CCCCCC)CCCCCCCC)C(=O)C2=C1c1ccc(-c2cc3c(OCC(CC)CCCC)c(OCC(CC)CCCC)c4cc(C(C)(C)N)sc4c3s2)s1. The molecule has 2 amide bonds. The fraction of sp³-hybridized carbons (Fsp3) is 0.692. The number of thiophene rings is 4. The highest BCUT2D eigenvalue weighted by atomic mass is 32.1. The van der Waals surface area contributed by atoms with E-state index in [4.69, 9.17) is 20.9 Å². The zero-order valence-electron chi connectivity index (χ0n) is 58.5. The molecule has 8 nitrogen and oxygen atoms in total. The molecule has 502 valence electrons. The maximum Gasteiger partial charge on any atom is 0.261 e. The van der Waals surface area contributed by atoms with Gasteiger partial charge in [-0.25, -0.2) is 0 Å². The summed E-state index contributed by atoms with van der Waals surface area (Å²) in [6.45, 7) is 29.1. The van der Waals surface area contributed by atoms with Gasteiger partial charge in [0.25, 0.3) is 11.8 Å². The number of ether oxygens (including phenoxy) is 2. The first-order valence-corrected chi connectivity index (χ1v) is 39.9. The minimum atomic E-state index is -0.572. The van der Waals surface area contributed by atoms with Crippen LogP contribution in [-0.4, -0.2) is 47.9 Å². The van der Waals surface area contributed by atoms with Gasteiger partial charge in [-0.05, 0) is 126 Å². The van der Waals surface area contributed by atoms with Crippen LogP contribution < -0.4 is 20.9 Å². The van der Waals surface area contributed by atoms with E-state index in [1.807, 2.05) is 11.3 Å². The van der Waals surface area contributed by atoms with Crippen molar-refractivity contribution in [3.8, 4) is 21.3 Å². The van der Waals surface area contributed by atoms with Crippen molar-refractivity contribution < 1.29 is 19.1 Å². The van der Waals surface area contributed by atoms with Gasteiger partial charge in [0, 0.05) is 54.4 Å². The van der Waals surface area contributed by atoms with Crippen LogP contribution in [0.5, 0.6) is 11.5 Å². The largest absolute Gasteiger partial charge is 0.489 e. The number of amides is 2. The van der Waals surface area contributed by atoms with E-state index in [9.17, 15) is 0 Å². The second-order valence-corrected chi connectivity index (χ2v) is 32.7. The number of carbonyl (C=O) groups excluding carboxylic acids is 2. The Kier molecular flexibility index (Phi) is 30.3. The van der Waals surface area contributed by atoms with Gasteiger partial charge in [0.1, 0.15) is 0 Å². The summed E-state index contributed by atoms with van der Waals surface area (Å²) in [4.78, 5) is 43.1. The fourth-order valence-corrected chi connectivity index (χ4v) is 18.3. The predicted molar refractivity (Wildman–Crippen MR) is 395 cm³/mol. The van der Waals surface area contributed by atoms with E-state index in [1.165, 1.54) is 131 Å². The molecule has 0 spiro atoms. The minimum Gasteiger partial charge on any atom is -0.489 e. The third-order valence-electron chi connectivity index (χ3n) is 19.5. The quantitative estimate of drug-likeness (QED) is 0.0376. The predicted octanol–water partition coefficient (Wildman–Crippen LogP) is 24.0. The lowest BCUT2D eigenvalue weighted by atomic mass is 9.93. The van der Waals surface area contributed by atoms with Crippen LogP contribution in [0.4, 0.5) is 0 Å². The fourth-order valence-electron chi connectivity index (χ4n) is 13.6. The monoisotopic (exact) mass is 1310 g/mol. The molecular formula is C78H122N4O4S4. The van der Waals surface area contributed by atoms with E-state index in [-0.39, 0.29) is 11.8 Å². The summed E-state index contributed by atoms with van der Waals surface area (Å²) in [5, 5.41) is 2.17. The number of benzene rings is 1. The van der Waals surface area contributed by atoms with Gasteiger partial charge in [-0.1, -0.05) is 222 Å². The molecule has 0 fully saturated rings. The Morgan fingerprint density at radius 1 is 0.400 bits per heavy atom. The molecule has 2 aliphatic rings. The molecule has 4 unspecified atom stereocenters. The Bertz CT molecular complexity index is 3050. The standard InChI is InChI=1S/C78H122N4O4S4/c1-13-21-27-31-33-37-43-57(41-35-29-23-15-3)51-81-69(67-68(76(81)84)70(63-47-48-65(88-63)77(9,10)79)82(75(67)83)52-58(42-36-30-24-16-4)44-38-34-32-28-22-14-2)62-46-45-61(87-62)64-49-59-71(85-53-55(19-7)39-25-17-5)72(86-54-56(20-8)40-26-18-6)60-50-66(78(11,12)80)90-74(60)73(59)89-64/h45-50,55-58H,13-44,51-54,79-80H2,1-12H3. The maximum atomic E-state index is 16.3. The Morgan fingerprint density at radius 2 is 0.767 bits per heavy atom. The number of nitrogens with zero attached hydrogens (tertiary/aromatic N) is 2. The number of fused-ring (bicyclic) bond motifs is 4. The number of nitrogens with two attached hydrogens (primary N) is 2. The van der Waals surface area contributed by atoms with Gasteiger partial charge >= 0.3 is 0 Å². The van der Waals surface area contributed by atoms with E-state index >= 15 is 9.59 Å². The van der Waals surface area contributed by atoms with Crippen molar-refractivity contribution in [3.63, 3.8) is 0 Å². The summed E-state index contributed by atoms with van der Waals surface area (Å²) >= 11 is 7.00. The van der Waals surface area contributed by atoms with E-state index in [0.29, 0.717) is 61.1 Å². The van der Waals surface area contributed by atoms with E-state index in [2.05, 4.69) is 129 Å². The second kappa shape index (κ2) is 37.0. The molecule has 90 heavy (non-hydrogen) atoms. The van der Waals surface area contributed by atoms with Gasteiger partial charge in [-0.2, -0.15) is 0 Å². The second-order valence-electron chi connectivity index (χ2n) is 28.4. The molecule has 4 N–H and O–H groups in total. The summed E-state index contributed by atoms with van der Waals surface area (Å²) in [5.74, 6) is 3.19. The molecule has 7 rings (SSSR count). The number of unbranched alkanes of at least 4 members (excludes halogenated alkanes) is 18. The summed E-state index contributed by atoms with van der Waals surface area (Å²) in [7, 11) is 0. The van der Waals surface area contributed by atoms with Gasteiger partial charge in [0.2, 0.25) is 0 Å². The highest BCUT2D eigenvalue weighted by Crippen LogP contribution is 2.55. The molecule has 0 radical (unpaired) electrons. The van der Waals surface area contributed by atoms with Gasteiger partial charge in [-0.3, -0.25) is 9.59 Å². The summed E-state index contributed by atoms with van der Waals surface area (Å²) in [6, 6.07) is 13.4. The van der Waals surface area contributed by atoms with Crippen molar-refractivity contribution in [2.24, 2.45) is 35.1 Å². The highest BCUT2D eigenvalue weighted by Gasteiger charge is 2.50. The van der Waals surface area contributed by atoms with Crippen LogP contribution in [0, 0.1) is 23.7 Å². The summed E-state index contributed by atoms with van der Waals surface area (Å²) < 4.78 is 16.8. The molecule has 12 heteroatoms. The Balaban J connectivity index is 1.41. The third-order valence-corrected chi connectivity index (χ3v) is 25.0. The Morgan fingerprint density at radius 3 is 1.19 bits per heavy atom. The average Bonchev–Trinajstić information content (AvgIpc) is 1.57. The number of hydrogen-bond donors (Lipinski definition) is 2. The lowest BCUT2D eigenvalue weighted by Gasteiger charge is -2.29.